The molecular formula is C19H25N3O3. The lowest BCUT2D eigenvalue weighted by atomic mass is 9.96. The number of likely N-dealkylation sites (tertiary alicyclic amines) is 1. The summed E-state index contributed by atoms with van der Waals surface area (Å²) in [7, 11) is 2.08. The van der Waals surface area contributed by atoms with Gasteiger partial charge in [-0.3, -0.25) is 4.79 Å². The maximum Gasteiger partial charge on any atom is 0.266 e. The van der Waals surface area contributed by atoms with Crippen molar-refractivity contribution in [3.05, 3.63) is 29.8 Å². The van der Waals surface area contributed by atoms with Gasteiger partial charge >= 0.3 is 0 Å². The van der Waals surface area contributed by atoms with Gasteiger partial charge in [0, 0.05) is 19.6 Å². The number of morpholine rings is 1. The summed E-state index contributed by atoms with van der Waals surface area (Å²) in [5, 5.41) is 8.88. The highest BCUT2D eigenvalue weighted by molar-refractivity contribution is 5.85. The van der Waals surface area contributed by atoms with Crippen molar-refractivity contribution in [2.45, 2.75) is 38.0 Å². The lowest BCUT2D eigenvalue weighted by Crippen LogP contribution is -2.64. The SMILES string of the molecule is CN1CC[C@@H]2OCCN(C(=O)C(C)(C)Oc3ccc(C#N)cc3)[C@H]2C1. The van der Waals surface area contributed by atoms with Crippen LogP contribution >= 0.6 is 0 Å². The van der Waals surface area contributed by atoms with Gasteiger partial charge in [0.15, 0.2) is 5.60 Å². The zero-order valence-corrected chi connectivity index (χ0v) is 15.1. The van der Waals surface area contributed by atoms with Crippen LogP contribution in [0.3, 0.4) is 0 Å². The Morgan fingerprint density at radius 2 is 2.04 bits per heavy atom. The predicted octanol–water partition coefficient (Wildman–Crippen LogP) is 1.65. The van der Waals surface area contributed by atoms with E-state index in [1.165, 1.54) is 0 Å². The van der Waals surface area contributed by atoms with Gasteiger partial charge in [0.1, 0.15) is 5.75 Å². The third-order valence-electron chi connectivity index (χ3n) is 4.92. The molecule has 2 fully saturated rings. The van der Waals surface area contributed by atoms with Crippen molar-refractivity contribution in [2.24, 2.45) is 0 Å². The molecule has 2 heterocycles. The Hall–Kier alpha value is -2.10. The van der Waals surface area contributed by atoms with E-state index in [4.69, 9.17) is 14.7 Å². The molecule has 2 atom stereocenters. The zero-order valence-electron chi connectivity index (χ0n) is 15.1. The smallest absolute Gasteiger partial charge is 0.266 e. The molecule has 1 aromatic rings. The molecule has 1 aromatic carbocycles. The lowest BCUT2D eigenvalue weighted by molar-refractivity contribution is -0.164. The number of nitrogens with zero attached hydrogens (tertiary/aromatic N) is 3. The van der Waals surface area contributed by atoms with E-state index in [2.05, 4.69) is 18.0 Å². The van der Waals surface area contributed by atoms with Gasteiger partial charge < -0.3 is 19.3 Å². The van der Waals surface area contributed by atoms with E-state index < -0.39 is 5.60 Å². The molecule has 2 saturated heterocycles. The van der Waals surface area contributed by atoms with E-state index >= 15 is 0 Å². The molecule has 0 aromatic heterocycles. The van der Waals surface area contributed by atoms with Gasteiger partial charge in [0.05, 0.1) is 30.4 Å². The van der Waals surface area contributed by atoms with Crippen molar-refractivity contribution >= 4 is 5.91 Å². The number of carbonyl (C=O) groups is 1. The van der Waals surface area contributed by atoms with E-state index in [0.29, 0.717) is 24.5 Å². The Bertz CT molecular complexity index is 665. The second-order valence-corrected chi connectivity index (χ2v) is 7.27. The Balaban J connectivity index is 1.73. The third kappa shape index (κ3) is 3.78. The summed E-state index contributed by atoms with van der Waals surface area (Å²) >= 11 is 0. The fourth-order valence-electron chi connectivity index (χ4n) is 3.56. The first-order valence-corrected chi connectivity index (χ1v) is 8.71. The van der Waals surface area contributed by atoms with Crippen molar-refractivity contribution < 1.29 is 14.3 Å². The number of nitriles is 1. The number of piperidine rings is 1. The van der Waals surface area contributed by atoms with Crippen LogP contribution in [0.2, 0.25) is 0 Å². The summed E-state index contributed by atoms with van der Waals surface area (Å²) in [4.78, 5) is 17.3. The average molecular weight is 343 g/mol. The molecule has 2 aliphatic heterocycles. The fourth-order valence-corrected chi connectivity index (χ4v) is 3.56. The number of amides is 1. The van der Waals surface area contributed by atoms with Crippen molar-refractivity contribution in [3.63, 3.8) is 0 Å². The van der Waals surface area contributed by atoms with Crippen molar-refractivity contribution in [1.82, 2.24) is 9.80 Å². The molecule has 2 aliphatic rings. The Labute approximate surface area is 148 Å². The normalized spacial score (nSPS) is 24.3. The molecule has 0 radical (unpaired) electrons. The highest BCUT2D eigenvalue weighted by Crippen LogP contribution is 2.27. The van der Waals surface area contributed by atoms with Gasteiger partial charge in [-0.1, -0.05) is 0 Å². The van der Waals surface area contributed by atoms with Gasteiger partial charge in [-0.2, -0.15) is 5.26 Å². The summed E-state index contributed by atoms with van der Waals surface area (Å²) in [6, 6.07) is 8.99. The number of hydrogen-bond acceptors (Lipinski definition) is 5. The van der Waals surface area contributed by atoms with Gasteiger partial charge in [-0.15, -0.1) is 0 Å². The molecule has 6 heteroatoms. The second kappa shape index (κ2) is 7.03. The monoisotopic (exact) mass is 343 g/mol. The van der Waals surface area contributed by atoms with Crippen molar-refractivity contribution in [1.29, 1.82) is 5.26 Å². The average Bonchev–Trinajstić information content (AvgIpc) is 2.61. The number of fused-ring (bicyclic) bond motifs is 1. The van der Waals surface area contributed by atoms with E-state index in [0.717, 1.165) is 19.5 Å². The standard InChI is InChI=1S/C19H25N3O3/c1-19(2,25-15-6-4-14(12-20)5-7-15)18(23)22-10-11-24-17-8-9-21(3)13-16(17)22/h4-7,16-17H,8-11,13H2,1-3H3/t16-,17-/m0/s1. The summed E-state index contributed by atoms with van der Waals surface area (Å²) in [6.45, 7) is 6.57. The van der Waals surface area contributed by atoms with Crippen LogP contribution in [0, 0.1) is 11.3 Å². The molecule has 0 aliphatic carbocycles. The molecule has 3 rings (SSSR count). The number of likely N-dealkylation sites (N-methyl/N-ethyl adjacent to an activating group) is 1. The first-order valence-electron chi connectivity index (χ1n) is 8.71. The van der Waals surface area contributed by atoms with E-state index in [-0.39, 0.29) is 18.1 Å². The number of benzene rings is 1. The van der Waals surface area contributed by atoms with Crippen LogP contribution in [-0.4, -0.2) is 66.7 Å². The van der Waals surface area contributed by atoms with Crippen LogP contribution in [0.15, 0.2) is 24.3 Å². The molecule has 0 bridgehead atoms. The molecule has 25 heavy (non-hydrogen) atoms. The highest BCUT2D eigenvalue weighted by atomic mass is 16.5. The first-order chi connectivity index (χ1) is 11.9. The zero-order chi connectivity index (χ0) is 18.0. The minimum Gasteiger partial charge on any atom is -0.478 e. The molecule has 0 saturated carbocycles. The second-order valence-electron chi connectivity index (χ2n) is 7.27. The first kappa shape index (κ1) is 17.7. The van der Waals surface area contributed by atoms with Gasteiger partial charge in [-0.25, -0.2) is 0 Å². The van der Waals surface area contributed by atoms with E-state index in [9.17, 15) is 4.79 Å². The van der Waals surface area contributed by atoms with Gasteiger partial charge in [0.25, 0.3) is 5.91 Å². The predicted molar refractivity (Wildman–Crippen MR) is 93.2 cm³/mol. The van der Waals surface area contributed by atoms with E-state index in [1.807, 2.05) is 4.90 Å². The van der Waals surface area contributed by atoms with Crippen LogP contribution in [0.5, 0.6) is 5.75 Å². The number of rotatable bonds is 3. The highest BCUT2D eigenvalue weighted by Gasteiger charge is 2.43. The van der Waals surface area contributed by atoms with Gasteiger partial charge in [0.2, 0.25) is 0 Å². The topological polar surface area (TPSA) is 65.8 Å². The molecule has 1 amide bonds. The van der Waals surface area contributed by atoms with Crippen LogP contribution in [0.4, 0.5) is 0 Å². The summed E-state index contributed by atoms with van der Waals surface area (Å²) < 4.78 is 11.8. The molecule has 0 spiro atoms. The summed E-state index contributed by atoms with van der Waals surface area (Å²) in [5.41, 5.74) is -0.413. The maximum atomic E-state index is 13.2. The van der Waals surface area contributed by atoms with Crippen LogP contribution in [-0.2, 0) is 9.53 Å². The van der Waals surface area contributed by atoms with Crippen LogP contribution in [0.25, 0.3) is 0 Å². The Kier molecular flexibility index (Phi) is 4.98. The minimum atomic E-state index is -0.980. The van der Waals surface area contributed by atoms with E-state index in [1.54, 1.807) is 38.1 Å². The molecule has 0 unspecified atom stereocenters. The number of ether oxygens (including phenoxy) is 2. The minimum absolute atomic E-state index is 0.0227. The number of carbonyl (C=O) groups excluding carboxylic acids is 1. The fraction of sp³-hybridized carbons (Fsp3) is 0.579. The van der Waals surface area contributed by atoms with Crippen molar-refractivity contribution in [2.75, 3.05) is 33.3 Å². The molecule has 134 valence electrons. The third-order valence-corrected chi connectivity index (χ3v) is 4.92. The maximum absolute atomic E-state index is 13.2. The largest absolute Gasteiger partial charge is 0.478 e. The van der Waals surface area contributed by atoms with Gasteiger partial charge in [-0.05, 0) is 51.6 Å². The van der Waals surface area contributed by atoms with Crippen LogP contribution < -0.4 is 4.74 Å². The molecule has 6 nitrogen and oxygen atoms in total. The Morgan fingerprint density at radius 3 is 2.72 bits per heavy atom. The quantitative estimate of drug-likeness (QED) is 0.835. The lowest BCUT2D eigenvalue weighted by Gasteiger charge is -2.48. The summed E-state index contributed by atoms with van der Waals surface area (Å²) in [5.74, 6) is 0.563. The Morgan fingerprint density at radius 1 is 1.32 bits per heavy atom. The molecular weight excluding hydrogens is 318 g/mol. The summed E-state index contributed by atoms with van der Waals surface area (Å²) in [6.07, 6.45) is 1.06. The number of hydrogen-bond donors (Lipinski definition) is 0. The van der Waals surface area contributed by atoms with Crippen LogP contribution in [0.1, 0.15) is 25.8 Å². The van der Waals surface area contributed by atoms with Crippen molar-refractivity contribution in [3.8, 4) is 11.8 Å². The molecule has 0 N–H and O–H groups in total.